The van der Waals surface area contributed by atoms with Gasteiger partial charge in [-0.25, -0.2) is 8.42 Å². The summed E-state index contributed by atoms with van der Waals surface area (Å²) in [6.45, 7) is 0. The third-order valence-electron chi connectivity index (χ3n) is 5.68. The van der Waals surface area contributed by atoms with E-state index in [0.717, 1.165) is 28.0 Å². The highest BCUT2D eigenvalue weighted by molar-refractivity contribution is 7.92. The van der Waals surface area contributed by atoms with Gasteiger partial charge in [0.05, 0.1) is 12.2 Å². The lowest BCUT2D eigenvalue weighted by molar-refractivity contribution is -0.137. The summed E-state index contributed by atoms with van der Waals surface area (Å²) in [7, 11) is -3.53. The second-order valence-electron chi connectivity index (χ2n) is 7.59. The average Bonchev–Trinajstić information content (AvgIpc) is 3.21. The van der Waals surface area contributed by atoms with Crippen LogP contribution >= 0.6 is 22.9 Å². The molecule has 1 N–H and O–H groups in total. The monoisotopic (exact) mass is 460 g/mol. The zero-order valence-electron chi connectivity index (χ0n) is 16.2. The molecule has 1 atom stereocenters. The zero-order chi connectivity index (χ0) is 21.4. The van der Waals surface area contributed by atoms with E-state index in [1.54, 1.807) is 6.07 Å². The highest BCUT2D eigenvalue weighted by Gasteiger charge is 2.49. The molecular weight excluding hydrogens is 440 g/mol. The number of rotatable bonds is 5. The Morgan fingerprint density at radius 2 is 1.53 bits per heavy atom. The van der Waals surface area contributed by atoms with Crippen LogP contribution in [0.3, 0.4) is 0 Å². The molecule has 7 heteroatoms. The van der Waals surface area contributed by atoms with Crippen LogP contribution in [0.1, 0.15) is 30.6 Å². The van der Waals surface area contributed by atoms with E-state index in [9.17, 15) is 18.3 Å². The van der Waals surface area contributed by atoms with Crippen molar-refractivity contribution in [3.05, 3.63) is 70.6 Å². The third kappa shape index (κ3) is 3.92. The summed E-state index contributed by atoms with van der Waals surface area (Å²) < 4.78 is 24.6. The third-order valence-corrected chi connectivity index (χ3v) is 9.98. The Kier molecular flexibility index (Phi) is 5.75. The Bertz CT molecular complexity index is 1160. The standard InChI is InChI=1S/C23H21ClO4S2/c24-19-9-7-17(8-10-19)16-3-5-18(6-4-16)20-11-12-21(29-20)23(15-22(25)26)13-1-2-14-30(23,27)28/h3-12H,1-2,13-15H2,(H,25,26)/t23-/m0/s1. The van der Waals surface area contributed by atoms with Crippen LogP contribution < -0.4 is 0 Å². The van der Waals surface area contributed by atoms with Crippen molar-refractivity contribution >= 4 is 38.7 Å². The maximum absolute atomic E-state index is 12.9. The predicted octanol–water partition coefficient (Wildman–Crippen LogP) is 6.00. The number of thiophene rings is 1. The van der Waals surface area contributed by atoms with Crippen LogP contribution in [-0.2, 0) is 19.4 Å². The fourth-order valence-corrected chi connectivity index (χ4v) is 7.97. The molecular formula is C23H21ClO4S2. The van der Waals surface area contributed by atoms with Gasteiger partial charge in [0.25, 0.3) is 0 Å². The molecule has 0 saturated carbocycles. The van der Waals surface area contributed by atoms with Gasteiger partial charge in [0.1, 0.15) is 4.75 Å². The molecule has 4 rings (SSSR count). The predicted molar refractivity (Wildman–Crippen MR) is 122 cm³/mol. The number of hydrogen-bond acceptors (Lipinski definition) is 4. The zero-order valence-corrected chi connectivity index (χ0v) is 18.6. The highest BCUT2D eigenvalue weighted by Crippen LogP contribution is 2.47. The van der Waals surface area contributed by atoms with Crippen molar-refractivity contribution < 1.29 is 18.3 Å². The summed E-state index contributed by atoms with van der Waals surface area (Å²) in [5, 5.41) is 10.1. The maximum atomic E-state index is 12.9. The quantitative estimate of drug-likeness (QED) is 0.506. The van der Waals surface area contributed by atoms with Gasteiger partial charge in [-0.05, 0) is 53.8 Å². The number of aliphatic carboxylic acids is 1. The van der Waals surface area contributed by atoms with Crippen LogP contribution in [0.4, 0.5) is 0 Å². The van der Waals surface area contributed by atoms with Gasteiger partial charge < -0.3 is 5.11 Å². The fraction of sp³-hybridized carbons (Fsp3) is 0.261. The molecule has 1 aromatic heterocycles. The molecule has 0 aliphatic carbocycles. The second kappa shape index (κ2) is 8.17. The fourth-order valence-electron chi connectivity index (χ4n) is 4.07. The molecule has 0 spiro atoms. The lowest BCUT2D eigenvalue weighted by Gasteiger charge is -2.34. The van der Waals surface area contributed by atoms with Gasteiger partial charge in [-0.15, -0.1) is 11.3 Å². The van der Waals surface area contributed by atoms with Crippen molar-refractivity contribution in [2.45, 2.75) is 30.4 Å². The first-order valence-corrected chi connectivity index (χ1v) is 12.6. The maximum Gasteiger partial charge on any atom is 0.305 e. The smallest absolute Gasteiger partial charge is 0.305 e. The summed E-state index contributed by atoms with van der Waals surface area (Å²) in [6.07, 6.45) is 1.28. The number of hydrogen-bond donors (Lipinski definition) is 1. The van der Waals surface area contributed by atoms with Crippen LogP contribution in [0.2, 0.25) is 5.02 Å². The summed E-state index contributed by atoms with van der Waals surface area (Å²) in [4.78, 5) is 13.1. The molecule has 1 aliphatic heterocycles. The molecule has 2 aromatic carbocycles. The topological polar surface area (TPSA) is 71.4 Å². The van der Waals surface area contributed by atoms with Crippen molar-refractivity contribution in [3.8, 4) is 21.6 Å². The minimum absolute atomic E-state index is 0.0449. The normalized spacial score (nSPS) is 20.7. The van der Waals surface area contributed by atoms with E-state index >= 15 is 0 Å². The molecule has 0 amide bonds. The highest BCUT2D eigenvalue weighted by atomic mass is 35.5. The van der Waals surface area contributed by atoms with E-state index < -0.39 is 20.6 Å². The molecule has 3 aromatic rings. The van der Waals surface area contributed by atoms with E-state index in [0.29, 0.717) is 22.7 Å². The van der Waals surface area contributed by atoms with E-state index in [-0.39, 0.29) is 12.2 Å². The van der Waals surface area contributed by atoms with Gasteiger partial charge >= 0.3 is 5.97 Å². The Balaban J connectivity index is 1.67. The van der Waals surface area contributed by atoms with Crippen LogP contribution in [0.5, 0.6) is 0 Å². The van der Waals surface area contributed by atoms with Gasteiger partial charge in [-0.1, -0.05) is 54.4 Å². The Morgan fingerprint density at radius 3 is 2.13 bits per heavy atom. The molecule has 1 fully saturated rings. The van der Waals surface area contributed by atoms with Crippen LogP contribution in [0.25, 0.3) is 21.6 Å². The van der Waals surface area contributed by atoms with E-state index in [2.05, 4.69) is 0 Å². The lowest BCUT2D eigenvalue weighted by atomic mass is 9.95. The summed E-state index contributed by atoms with van der Waals surface area (Å²) >= 11 is 7.33. The Morgan fingerprint density at radius 1 is 0.933 bits per heavy atom. The Hall–Kier alpha value is -2.15. The molecule has 30 heavy (non-hydrogen) atoms. The van der Waals surface area contributed by atoms with Crippen molar-refractivity contribution in [1.82, 2.24) is 0 Å². The number of carbonyl (C=O) groups is 1. The van der Waals surface area contributed by atoms with Crippen molar-refractivity contribution in [2.24, 2.45) is 0 Å². The van der Waals surface area contributed by atoms with Gasteiger partial charge in [-0.3, -0.25) is 4.79 Å². The number of halogens is 1. The second-order valence-corrected chi connectivity index (χ2v) is 11.5. The number of carboxylic acid groups (broad SMARTS) is 1. The average molecular weight is 461 g/mol. The van der Waals surface area contributed by atoms with Crippen LogP contribution in [0, 0.1) is 0 Å². The molecule has 0 unspecified atom stereocenters. The Labute approximate surface area is 185 Å². The molecule has 2 heterocycles. The first-order valence-electron chi connectivity index (χ1n) is 9.72. The molecule has 156 valence electrons. The summed E-state index contributed by atoms with van der Waals surface area (Å²) in [6, 6.07) is 19.3. The molecule has 0 radical (unpaired) electrons. The van der Waals surface area contributed by atoms with Crippen molar-refractivity contribution in [3.63, 3.8) is 0 Å². The number of benzene rings is 2. The van der Waals surface area contributed by atoms with Gasteiger partial charge in [-0.2, -0.15) is 0 Å². The van der Waals surface area contributed by atoms with Crippen molar-refractivity contribution in [1.29, 1.82) is 0 Å². The molecule has 1 saturated heterocycles. The first kappa shape index (κ1) is 21.1. The minimum atomic E-state index is -3.53. The van der Waals surface area contributed by atoms with Crippen LogP contribution in [0.15, 0.2) is 60.7 Å². The molecule has 4 nitrogen and oxygen atoms in total. The van der Waals surface area contributed by atoms with Crippen molar-refractivity contribution in [2.75, 3.05) is 5.75 Å². The van der Waals surface area contributed by atoms with E-state index in [1.807, 2.05) is 54.6 Å². The van der Waals surface area contributed by atoms with E-state index in [1.165, 1.54) is 11.3 Å². The largest absolute Gasteiger partial charge is 0.481 e. The van der Waals surface area contributed by atoms with Gasteiger partial charge in [0.15, 0.2) is 9.84 Å². The first-order chi connectivity index (χ1) is 14.3. The summed E-state index contributed by atoms with van der Waals surface area (Å²) in [5.41, 5.74) is 3.10. The lowest BCUT2D eigenvalue weighted by Crippen LogP contribution is -2.41. The molecule has 1 aliphatic rings. The number of carboxylic acids is 1. The SMILES string of the molecule is O=C(O)C[C@]1(c2ccc(-c3ccc(-c4ccc(Cl)cc4)cc3)s2)CCCCS1(=O)=O. The number of sulfone groups is 1. The van der Waals surface area contributed by atoms with Gasteiger partial charge in [0.2, 0.25) is 0 Å². The summed E-state index contributed by atoms with van der Waals surface area (Å²) in [5.74, 6) is -1.04. The molecule has 0 bridgehead atoms. The van der Waals surface area contributed by atoms with Crippen LogP contribution in [-0.4, -0.2) is 25.2 Å². The van der Waals surface area contributed by atoms with E-state index in [4.69, 9.17) is 11.6 Å². The minimum Gasteiger partial charge on any atom is -0.481 e. The van der Waals surface area contributed by atoms with Gasteiger partial charge in [0, 0.05) is 14.8 Å².